The Bertz CT molecular complexity index is 408. The maximum Gasteiger partial charge on any atom is 0.200 e. The molecule has 0 radical (unpaired) electrons. The van der Waals surface area contributed by atoms with Gasteiger partial charge in [0.2, 0.25) is 5.82 Å². The molecule has 1 aromatic rings. The quantitative estimate of drug-likeness (QED) is 0.348. The number of nitrogens with one attached hydrogen (secondary N) is 1. The fraction of sp³-hybridized carbons (Fsp3) is 0.500. The van der Waals surface area contributed by atoms with Crippen LogP contribution in [-0.4, -0.2) is 13.1 Å². The van der Waals surface area contributed by atoms with Crippen molar-refractivity contribution in [3.63, 3.8) is 0 Å². The van der Waals surface area contributed by atoms with Crippen LogP contribution in [0.15, 0.2) is 0 Å². The molecular weight excluding hydrogens is 267 g/mol. The van der Waals surface area contributed by atoms with Crippen LogP contribution in [0, 0.1) is 29.1 Å². The number of hydrogen-bond acceptors (Lipinski definition) is 2. The fourth-order valence-electron chi connectivity index (χ4n) is 1.60. The number of unbranched alkanes of at least 4 members (excludes halogenated alkanes) is 3. The Balaban J connectivity index is 2.64. The molecule has 0 heterocycles. The van der Waals surface area contributed by atoms with Crippen LogP contribution < -0.4 is 11.1 Å². The van der Waals surface area contributed by atoms with Crippen LogP contribution >= 0.6 is 0 Å². The summed E-state index contributed by atoms with van der Waals surface area (Å²) in [7, 11) is 0. The SMILES string of the molecule is NCCCCCCNc1c(F)c(F)c(F)c(F)c1F. The molecule has 0 amide bonds. The Morgan fingerprint density at radius 2 is 1.16 bits per heavy atom. The summed E-state index contributed by atoms with van der Waals surface area (Å²) in [6, 6.07) is 0. The van der Waals surface area contributed by atoms with Gasteiger partial charge >= 0.3 is 0 Å². The monoisotopic (exact) mass is 282 g/mol. The molecule has 0 saturated heterocycles. The van der Waals surface area contributed by atoms with Crippen LogP contribution in [0.2, 0.25) is 0 Å². The first kappa shape index (κ1) is 15.7. The van der Waals surface area contributed by atoms with E-state index in [1.54, 1.807) is 0 Å². The zero-order valence-electron chi connectivity index (χ0n) is 10.2. The highest BCUT2D eigenvalue weighted by molar-refractivity contribution is 5.47. The molecule has 1 aromatic carbocycles. The zero-order valence-corrected chi connectivity index (χ0v) is 10.2. The van der Waals surface area contributed by atoms with Gasteiger partial charge in [-0.05, 0) is 19.4 Å². The fourth-order valence-corrected chi connectivity index (χ4v) is 1.60. The highest BCUT2D eigenvalue weighted by atomic mass is 19.2. The van der Waals surface area contributed by atoms with Gasteiger partial charge in [-0.25, -0.2) is 22.0 Å². The molecule has 1 rings (SSSR count). The van der Waals surface area contributed by atoms with Crippen LogP contribution in [0.3, 0.4) is 0 Å². The number of benzene rings is 1. The van der Waals surface area contributed by atoms with Crippen molar-refractivity contribution in [2.24, 2.45) is 5.73 Å². The Morgan fingerprint density at radius 3 is 1.68 bits per heavy atom. The van der Waals surface area contributed by atoms with Gasteiger partial charge in [-0.1, -0.05) is 12.8 Å². The van der Waals surface area contributed by atoms with E-state index in [0.29, 0.717) is 13.0 Å². The van der Waals surface area contributed by atoms with Gasteiger partial charge < -0.3 is 11.1 Å². The minimum atomic E-state index is -2.15. The number of halogens is 5. The first-order chi connectivity index (χ1) is 9.00. The van der Waals surface area contributed by atoms with Crippen molar-refractivity contribution < 1.29 is 22.0 Å². The van der Waals surface area contributed by atoms with E-state index in [2.05, 4.69) is 5.32 Å². The molecule has 19 heavy (non-hydrogen) atoms. The standard InChI is InChI=1S/C12H15F5N2/c13-7-8(14)10(16)12(11(17)9(7)15)19-6-4-2-1-3-5-18/h19H,1-6,18H2. The molecule has 108 valence electrons. The van der Waals surface area contributed by atoms with Crippen molar-refractivity contribution in [3.8, 4) is 0 Å². The Hall–Kier alpha value is -1.37. The summed E-state index contributed by atoms with van der Waals surface area (Å²) >= 11 is 0. The topological polar surface area (TPSA) is 38.0 Å². The maximum atomic E-state index is 13.2. The van der Waals surface area contributed by atoms with Crippen molar-refractivity contribution in [2.75, 3.05) is 18.4 Å². The van der Waals surface area contributed by atoms with E-state index in [-0.39, 0.29) is 6.54 Å². The first-order valence-corrected chi connectivity index (χ1v) is 5.96. The van der Waals surface area contributed by atoms with Gasteiger partial charge in [0.25, 0.3) is 0 Å². The molecule has 0 unspecified atom stereocenters. The average Bonchev–Trinajstić information content (AvgIpc) is 2.41. The molecule has 0 aliphatic rings. The Labute approximate surface area is 107 Å². The molecule has 0 saturated carbocycles. The van der Waals surface area contributed by atoms with Gasteiger partial charge in [-0.15, -0.1) is 0 Å². The van der Waals surface area contributed by atoms with Gasteiger partial charge in [-0.2, -0.15) is 0 Å². The highest BCUT2D eigenvalue weighted by Crippen LogP contribution is 2.27. The first-order valence-electron chi connectivity index (χ1n) is 5.96. The van der Waals surface area contributed by atoms with Crippen molar-refractivity contribution >= 4 is 5.69 Å². The molecule has 0 aliphatic carbocycles. The molecule has 0 bridgehead atoms. The summed E-state index contributed by atoms with van der Waals surface area (Å²) in [5, 5.41) is 2.24. The molecule has 3 N–H and O–H groups in total. The van der Waals surface area contributed by atoms with E-state index < -0.39 is 34.8 Å². The number of rotatable bonds is 7. The average molecular weight is 282 g/mol. The third-order valence-electron chi connectivity index (χ3n) is 2.64. The molecule has 0 aliphatic heterocycles. The van der Waals surface area contributed by atoms with Gasteiger partial charge in [0, 0.05) is 6.54 Å². The van der Waals surface area contributed by atoms with E-state index in [4.69, 9.17) is 5.73 Å². The lowest BCUT2D eigenvalue weighted by atomic mass is 10.2. The molecular formula is C12H15F5N2. The maximum absolute atomic E-state index is 13.2. The second-order valence-corrected chi connectivity index (χ2v) is 4.07. The number of anilines is 1. The predicted molar refractivity (Wildman–Crippen MR) is 62.2 cm³/mol. The van der Waals surface area contributed by atoms with Crippen LogP contribution in [0.1, 0.15) is 25.7 Å². The summed E-state index contributed by atoms with van der Waals surface area (Å²) in [4.78, 5) is 0. The molecule has 7 heteroatoms. The lowest BCUT2D eigenvalue weighted by Crippen LogP contribution is -2.11. The third kappa shape index (κ3) is 3.79. The molecule has 0 spiro atoms. The third-order valence-corrected chi connectivity index (χ3v) is 2.64. The van der Waals surface area contributed by atoms with E-state index >= 15 is 0 Å². The molecule has 0 fully saturated rings. The number of nitrogens with two attached hydrogens (primary N) is 1. The van der Waals surface area contributed by atoms with Crippen molar-refractivity contribution in [1.82, 2.24) is 0 Å². The van der Waals surface area contributed by atoms with Gasteiger partial charge in [-0.3, -0.25) is 0 Å². The summed E-state index contributed by atoms with van der Waals surface area (Å²) in [5.41, 5.74) is 4.31. The molecule has 0 atom stereocenters. The largest absolute Gasteiger partial charge is 0.380 e. The van der Waals surface area contributed by atoms with E-state index in [0.717, 1.165) is 19.3 Å². The minimum absolute atomic E-state index is 0.128. The summed E-state index contributed by atoms with van der Waals surface area (Å²) in [6.45, 7) is 0.688. The van der Waals surface area contributed by atoms with Gasteiger partial charge in [0.05, 0.1) is 0 Å². The van der Waals surface area contributed by atoms with E-state index in [1.165, 1.54) is 0 Å². The van der Waals surface area contributed by atoms with E-state index in [1.807, 2.05) is 0 Å². The van der Waals surface area contributed by atoms with Crippen LogP contribution in [0.5, 0.6) is 0 Å². The van der Waals surface area contributed by atoms with Crippen LogP contribution in [-0.2, 0) is 0 Å². The number of hydrogen-bond donors (Lipinski definition) is 2. The highest BCUT2D eigenvalue weighted by Gasteiger charge is 2.25. The van der Waals surface area contributed by atoms with Crippen molar-refractivity contribution in [1.29, 1.82) is 0 Å². The van der Waals surface area contributed by atoms with Crippen molar-refractivity contribution in [2.45, 2.75) is 25.7 Å². The van der Waals surface area contributed by atoms with Gasteiger partial charge in [0.15, 0.2) is 23.3 Å². The van der Waals surface area contributed by atoms with Crippen LogP contribution in [0.4, 0.5) is 27.6 Å². The van der Waals surface area contributed by atoms with E-state index in [9.17, 15) is 22.0 Å². The smallest absolute Gasteiger partial charge is 0.200 e. The zero-order chi connectivity index (χ0) is 14.4. The summed E-state index contributed by atoms with van der Waals surface area (Å²) in [5.74, 6) is -9.70. The molecule has 0 aromatic heterocycles. The molecule has 2 nitrogen and oxygen atoms in total. The van der Waals surface area contributed by atoms with Crippen LogP contribution in [0.25, 0.3) is 0 Å². The van der Waals surface area contributed by atoms with Crippen molar-refractivity contribution in [3.05, 3.63) is 29.1 Å². The van der Waals surface area contributed by atoms with Gasteiger partial charge in [0.1, 0.15) is 5.69 Å². The lowest BCUT2D eigenvalue weighted by Gasteiger charge is -2.10. The lowest BCUT2D eigenvalue weighted by molar-refractivity contribution is 0.381. The second kappa shape index (κ2) is 7.28. The predicted octanol–water partition coefficient (Wildman–Crippen LogP) is 3.31. The Kier molecular flexibility index (Phi) is 6.01. The second-order valence-electron chi connectivity index (χ2n) is 4.07. The minimum Gasteiger partial charge on any atom is -0.380 e. The normalized spacial score (nSPS) is 10.8. The Morgan fingerprint density at radius 1 is 0.684 bits per heavy atom. The summed E-state index contributed by atoms with van der Waals surface area (Å²) < 4.78 is 65.0. The summed E-state index contributed by atoms with van der Waals surface area (Å²) in [6.07, 6.45) is 3.01.